The lowest BCUT2D eigenvalue weighted by molar-refractivity contribution is 0.0392. The number of anilines is 1. The predicted molar refractivity (Wildman–Crippen MR) is 92.4 cm³/mol. The van der Waals surface area contributed by atoms with Crippen LogP contribution >= 0.6 is 0 Å². The van der Waals surface area contributed by atoms with Crippen LogP contribution in [0.3, 0.4) is 0 Å². The minimum atomic E-state index is -0.379. The lowest BCUT2D eigenvalue weighted by Gasteiger charge is -2.41. The number of nitrogens with zero attached hydrogens (tertiary/aromatic N) is 2. The van der Waals surface area contributed by atoms with Crippen LogP contribution in [-0.2, 0) is 4.74 Å². The van der Waals surface area contributed by atoms with Crippen LogP contribution in [0.15, 0.2) is 48.5 Å². The predicted octanol–water partition coefficient (Wildman–Crippen LogP) is 2.98. The molecule has 3 aliphatic rings. The van der Waals surface area contributed by atoms with Crippen molar-refractivity contribution in [3.63, 3.8) is 0 Å². The monoisotopic (exact) mass is 334 g/mol. The first-order valence-electron chi connectivity index (χ1n) is 8.70. The van der Waals surface area contributed by atoms with E-state index >= 15 is 0 Å². The third kappa shape index (κ3) is 2.05. The van der Waals surface area contributed by atoms with Gasteiger partial charge in [-0.05, 0) is 31.0 Å². The van der Waals surface area contributed by atoms with E-state index in [-0.39, 0.29) is 24.1 Å². The fraction of sp³-hybridized carbons (Fsp3) is 0.300. The lowest BCUT2D eigenvalue weighted by Crippen LogP contribution is -2.50. The van der Waals surface area contributed by atoms with Crippen LogP contribution in [0.4, 0.5) is 5.69 Å². The first kappa shape index (κ1) is 14.7. The number of ether oxygens (including phenoxy) is 1. The van der Waals surface area contributed by atoms with E-state index in [1.54, 1.807) is 11.0 Å². The van der Waals surface area contributed by atoms with E-state index < -0.39 is 0 Å². The minimum Gasteiger partial charge on any atom is -0.376 e. The third-order valence-electron chi connectivity index (χ3n) is 5.31. The molecule has 0 aliphatic carbocycles. The van der Waals surface area contributed by atoms with E-state index in [9.17, 15) is 9.59 Å². The summed E-state index contributed by atoms with van der Waals surface area (Å²) in [4.78, 5) is 29.8. The van der Waals surface area contributed by atoms with Crippen LogP contribution in [0.2, 0.25) is 0 Å². The van der Waals surface area contributed by atoms with Crippen LogP contribution in [0.5, 0.6) is 0 Å². The quantitative estimate of drug-likeness (QED) is 0.848. The summed E-state index contributed by atoms with van der Waals surface area (Å²) in [6, 6.07) is 14.9. The number of carbonyl (C=O) groups excluding carboxylic acids is 2. The van der Waals surface area contributed by atoms with E-state index in [1.807, 2.05) is 47.4 Å². The molecule has 3 heterocycles. The van der Waals surface area contributed by atoms with E-state index in [1.165, 1.54) is 0 Å². The highest BCUT2D eigenvalue weighted by molar-refractivity contribution is 6.16. The molecule has 0 unspecified atom stereocenters. The van der Waals surface area contributed by atoms with Crippen molar-refractivity contribution >= 4 is 17.5 Å². The summed E-state index contributed by atoms with van der Waals surface area (Å²) in [5.74, 6) is -0.0743. The van der Waals surface area contributed by atoms with Crippen LogP contribution in [0.25, 0.3) is 0 Å². The average Bonchev–Trinajstić information content (AvgIpc) is 3.26. The topological polar surface area (TPSA) is 49.9 Å². The molecule has 0 spiro atoms. The highest BCUT2D eigenvalue weighted by Crippen LogP contribution is 2.45. The van der Waals surface area contributed by atoms with Gasteiger partial charge in [-0.25, -0.2) is 0 Å². The lowest BCUT2D eigenvalue weighted by atomic mass is 10.0. The molecule has 2 atom stereocenters. The van der Waals surface area contributed by atoms with Crippen molar-refractivity contribution < 1.29 is 14.3 Å². The Morgan fingerprint density at radius 2 is 1.72 bits per heavy atom. The Bertz CT molecular complexity index is 873. The zero-order valence-electron chi connectivity index (χ0n) is 13.7. The zero-order chi connectivity index (χ0) is 17.0. The molecule has 1 saturated heterocycles. The smallest absolute Gasteiger partial charge is 0.260 e. The Morgan fingerprint density at radius 3 is 2.52 bits per heavy atom. The van der Waals surface area contributed by atoms with E-state index in [0.717, 1.165) is 25.0 Å². The average molecular weight is 334 g/mol. The Kier molecular flexibility index (Phi) is 3.18. The maximum absolute atomic E-state index is 13.2. The Hall–Kier alpha value is -2.66. The number of amides is 2. The summed E-state index contributed by atoms with van der Waals surface area (Å²) in [5, 5.41) is 0. The first-order chi connectivity index (χ1) is 12.3. The molecule has 2 amide bonds. The van der Waals surface area contributed by atoms with Crippen molar-refractivity contribution in [2.45, 2.75) is 25.1 Å². The second-order valence-electron chi connectivity index (χ2n) is 6.75. The van der Waals surface area contributed by atoms with Gasteiger partial charge in [0.05, 0.1) is 17.4 Å². The van der Waals surface area contributed by atoms with Gasteiger partial charge in [0.15, 0.2) is 0 Å². The molecule has 1 fully saturated rings. The number of carbonyl (C=O) groups is 2. The van der Waals surface area contributed by atoms with Gasteiger partial charge in [0, 0.05) is 24.3 Å². The Balaban J connectivity index is 1.66. The largest absolute Gasteiger partial charge is 0.376 e. The number of fused-ring (bicyclic) bond motifs is 5. The molecule has 5 heteroatoms. The molecule has 0 saturated carbocycles. The normalized spacial score (nSPS) is 24.3. The number of benzene rings is 2. The van der Waals surface area contributed by atoms with Gasteiger partial charge in [0.2, 0.25) is 0 Å². The molecule has 5 rings (SSSR count). The van der Waals surface area contributed by atoms with Crippen LogP contribution in [-0.4, -0.2) is 36.0 Å². The SMILES string of the molecule is O=C1c2ccccc2N2C(=O)c3ccccc3[C@@H]2N1C[C@@H]1CCCO1. The number of rotatable bonds is 2. The molecular weight excluding hydrogens is 316 g/mol. The second kappa shape index (κ2) is 5.43. The fourth-order valence-electron chi connectivity index (χ4n) is 4.17. The van der Waals surface area contributed by atoms with Gasteiger partial charge < -0.3 is 9.64 Å². The standard InChI is InChI=1S/C20H18N2O3/c23-19-16-9-3-4-10-17(16)22-18(21(19)12-13-6-5-11-25-13)14-7-1-2-8-15(14)20(22)24/h1-4,7-10,13,18H,5-6,11-12H2/t13-,18+/m0/s1. The third-order valence-corrected chi connectivity index (χ3v) is 5.31. The molecule has 2 aromatic rings. The van der Waals surface area contributed by atoms with Crippen molar-refractivity contribution in [2.75, 3.05) is 18.1 Å². The molecule has 3 aliphatic heterocycles. The molecule has 5 nitrogen and oxygen atoms in total. The number of hydrogen-bond donors (Lipinski definition) is 0. The maximum Gasteiger partial charge on any atom is 0.260 e. The molecule has 0 N–H and O–H groups in total. The van der Waals surface area contributed by atoms with E-state index in [2.05, 4.69) is 0 Å². The van der Waals surface area contributed by atoms with Gasteiger partial charge in [-0.1, -0.05) is 30.3 Å². The molecule has 0 bridgehead atoms. The fourth-order valence-corrected chi connectivity index (χ4v) is 4.17. The van der Waals surface area contributed by atoms with Gasteiger partial charge in [0.1, 0.15) is 6.17 Å². The van der Waals surface area contributed by atoms with Crippen LogP contribution in [0, 0.1) is 0 Å². The molecule has 0 aromatic heterocycles. The van der Waals surface area contributed by atoms with Crippen LogP contribution < -0.4 is 4.90 Å². The van der Waals surface area contributed by atoms with E-state index in [4.69, 9.17) is 4.74 Å². The second-order valence-corrected chi connectivity index (χ2v) is 6.75. The summed E-state index contributed by atoms with van der Waals surface area (Å²) in [5.41, 5.74) is 2.85. The summed E-state index contributed by atoms with van der Waals surface area (Å²) in [7, 11) is 0. The molecule has 0 radical (unpaired) electrons. The van der Waals surface area contributed by atoms with Gasteiger partial charge >= 0.3 is 0 Å². The van der Waals surface area contributed by atoms with Gasteiger partial charge in [0.25, 0.3) is 11.8 Å². The maximum atomic E-state index is 13.2. The highest BCUT2D eigenvalue weighted by Gasteiger charge is 2.48. The van der Waals surface area contributed by atoms with Crippen molar-refractivity contribution in [1.82, 2.24) is 4.90 Å². The van der Waals surface area contributed by atoms with E-state index in [0.29, 0.717) is 23.4 Å². The Labute approximate surface area is 145 Å². The van der Waals surface area contributed by atoms with Crippen molar-refractivity contribution in [2.24, 2.45) is 0 Å². The van der Waals surface area contributed by atoms with Gasteiger partial charge in [-0.2, -0.15) is 0 Å². The minimum absolute atomic E-state index is 0.0307. The van der Waals surface area contributed by atoms with Gasteiger partial charge in [-0.15, -0.1) is 0 Å². The Morgan fingerprint density at radius 1 is 0.960 bits per heavy atom. The van der Waals surface area contributed by atoms with Crippen LogP contribution in [0.1, 0.15) is 45.3 Å². The van der Waals surface area contributed by atoms with Crippen molar-refractivity contribution in [3.8, 4) is 0 Å². The highest BCUT2D eigenvalue weighted by atomic mass is 16.5. The summed E-state index contributed by atoms with van der Waals surface area (Å²) >= 11 is 0. The zero-order valence-corrected chi connectivity index (χ0v) is 13.7. The molecule has 2 aromatic carbocycles. The summed E-state index contributed by atoms with van der Waals surface area (Å²) in [6.07, 6.45) is 1.63. The number of hydrogen-bond acceptors (Lipinski definition) is 3. The van der Waals surface area contributed by atoms with Crippen molar-refractivity contribution in [1.29, 1.82) is 0 Å². The summed E-state index contributed by atoms with van der Waals surface area (Å²) in [6.45, 7) is 1.25. The molecule has 126 valence electrons. The summed E-state index contributed by atoms with van der Waals surface area (Å²) < 4.78 is 5.76. The number of para-hydroxylation sites is 1. The van der Waals surface area contributed by atoms with Crippen molar-refractivity contribution in [3.05, 3.63) is 65.2 Å². The molecule has 25 heavy (non-hydrogen) atoms. The first-order valence-corrected chi connectivity index (χ1v) is 8.70. The molecular formula is C20H18N2O3. The van der Waals surface area contributed by atoms with Gasteiger partial charge in [-0.3, -0.25) is 14.5 Å².